The number of urea groups is 1. The van der Waals surface area contributed by atoms with Crippen LogP contribution in [-0.2, 0) is 20.6 Å². The van der Waals surface area contributed by atoms with E-state index in [1.54, 1.807) is 36.4 Å². The first-order valence-electron chi connectivity index (χ1n) is 10.6. The first-order valence-corrected chi connectivity index (χ1v) is 11.4. The molecule has 4 rings (SSSR count). The second-order valence-corrected chi connectivity index (χ2v) is 8.68. The summed E-state index contributed by atoms with van der Waals surface area (Å²) in [6.07, 6.45) is 1.37. The van der Waals surface area contributed by atoms with Gasteiger partial charge >= 0.3 is 17.7 Å². The van der Waals surface area contributed by atoms with Crippen molar-refractivity contribution in [3.05, 3.63) is 78.4 Å². The smallest absolute Gasteiger partial charge is 0.332 e. The molecule has 12 nitrogen and oxygen atoms in total. The minimum absolute atomic E-state index is 0.0226. The second kappa shape index (κ2) is 10.4. The summed E-state index contributed by atoms with van der Waals surface area (Å²) in [4.78, 5) is 40.9. The lowest BCUT2D eigenvalue weighted by Gasteiger charge is -2.13. The molecular weight excluding hydrogens is 525 g/mol. The fourth-order valence-electron chi connectivity index (χ4n) is 3.59. The van der Waals surface area contributed by atoms with Crippen LogP contribution in [0.15, 0.2) is 51.1 Å². The summed E-state index contributed by atoms with van der Waals surface area (Å²) in [6.45, 7) is 0.0983. The summed E-state index contributed by atoms with van der Waals surface area (Å²) >= 11 is 12.4. The highest BCUT2D eigenvalue weighted by molar-refractivity contribution is 6.35. The first-order chi connectivity index (χ1) is 17.6. The maximum atomic E-state index is 13.1. The molecule has 0 saturated heterocycles. The fraction of sp³-hybridized carbons (Fsp3) is 0.174. The Kier molecular flexibility index (Phi) is 7.23. The number of nitrogens with zero attached hydrogens (tertiary/aromatic N) is 5. The quantitative estimate of drug-likeness (QED) is 0.269. The molecule has 2 heterocycles. The number of halogens is 2. The molecule has 0 aliphatic heterocycles. The number of methoxy groups -OCH3 is 1. The highest BCUT2D eigenvalue weighted by Crippen LogP contribution is 2.33. The number of hydrogen-bond donors (Lipinski definition) is 2. The number of nitrogens with one attached hydrogen (secondary N) is 1. The molecule has 0 aliphatic rings. The van der Waals surface area contributed by atoms with E-state index in [-0.39, 0.29) is 29.5 Å². The Bertz CT molecular complexity index is 1670. The molecule has 2 amide bonds. The summed E-state index contributed by atoms with van der Waals surface area (Å²) in [5.74, 6) is 0.580. The van der Waals surface area contributed by atoms with Crippen molar-refractivity contribution < 1.29 is 14.3 Å². The lowest BCUT2D eigenvalue weighted by Crippen LogP contribution is -2.37. The van der Waals surface area contributed by atoms with Crippen LogP contribution in [0.1, 0.15) is 11.1 Å². The van der Waals surface area contributed by atoms with Gasteiger partial charge in [0.15, 0.2) is 22.7 Å². The summed E-state index contributed by atoms with van der Waals surface area (Å²) in [6, 6.07) is 9.07. The van der Waals surface area contributed by atoms with E-state index in [2.05, 4.69) is 15.5 Å². The van der Waals surface area contributed by atoms with Gasteiger partial charge < -0.3 is 15.2 Å². The zero-order chi connectivity index (χ0) is 26.9. The minimum Gasteiger partial charge on any atom is -0.493 e. The van der Waals surface area contributed by atoms with Crippen LogP contribution >= 0.6 is 23.2 Å². The molecule has 14 heteroatoms. The van der Waals surface area contributed by atoms with Gasteiger partial charge in [0.2, 0.25) is 0 Å². The number of carbonyl (C=O) groups is 1. The molecule has 0 radical (unpaired) electrons. The fourth-order valence-corrected chi connectivity index (χ4v) is 4.06. The highest BCUT2D eigenvalue weighted by atomic mass is 35.5. The van der Waals surface area contributed by atoms with Gasteiger partial charge in [-0.2, -0.15) is 10.1 Å². The zero-order valence-corrected chi connectivity index (χ0v) is 21.4. The predicted molar refractivity (Wildman–Crippen MR) is 139 cm³/mol. The third-order valence-corrected chi connectivity index (χ3v) is 6.02. The Morgan fingerprint density at radius 3 is 2.57 bits per heavy atom. The number of amides is 2. The van der Waals surface area contributed by atoms with Gasteiger partial charge in [-0.3, -0.25) is 18.5 Å². The van der Waals surface area contributed by atoms with Crippen molar-refractivity contribution in [2.45, 2.75) is 6.54 Å². The molecule has 0 unspecified atom stereocenters. The van der Waals surface area contributed by atoms with E-state index in [1.807, 2.05) is 0 Å². The van der Waals surface area contributed by atoms with Crippen LogP contribution in [0.3, 0.4) is 0 Å². The van der Waals surface area contributed by atoms with Crippen LogP contribution in [0, 0.1) is 0 Å². The Morgan fingerprint density at radius 2 is 1.89 bits per heavy atom. The molecule has 0 aliphatic carbocycles. The summed E-state index contributed by atoms with van der Waals surface area (Å²) in [5, 5.41) is 4.56. The standard InChI is InChI=1S/C23H21Cl2N7O5/c1-30-19-18(20(33)31(2)23(30)35)32(11-13-5-6-14(24)9-15(13)25)22(28-19)37-16-7-4-12(8-17(16)36-3)10-27-29-21(26)34/h4-10H,11H2,1-3H3,(H3,26,29,34)/b27-10-. The number of nitrogens with two attached hydrogens (primary N) is 1. The second-order valence-electron chi connectivity index (χ2n) is 7.84. The van der Waals surface area contributed by atoms with Crippen molar-refractivity contribution in [1.29, 1.82) is 0 Å². The summed E-state index contributed by atoms with van der Waals surface area (Å²) in [5.41, 5.74) is 7.52. The highest BCUT2D eigenvalue weighted by Gasteiger charge is 2.22. The Morgan fingerprint density at radius 1 is 1.14 bits per heavy atom. The Labute approximate surface area is 219 Å². The van der Waals surface area contributed by atoms with Gasteiger partial charge in [0.05, 0.1) is 19.9 Å². The van der Waals surface area contributed by atoms with Crippen molar-refractivity contribution >= 4 is 46.6 Å². The van der Waals surface area contributed by atoms with Gasteiger partial charge in [-0.05, 0) is 41.5 Å². The number of hydrogen-bond acceptors (Lipinski definition) is 7. The number of aromatic nitrogens is 4. The van der Waals surface area contributed by atoms with Crippen molar-refractivity contribution in [3.63, 3.8) is 0 Å². The molecule has 2 aromatic carbocycles. The zero-order valence-electron chi connectivity index (χ0n) is 19.9. The van der Waals surface area contributed by atoms with Crippen molar-refractivity contribution in [2.75, 3.05) is 7.11 Å². The SMILES string of the molecule is COc1cc(/C=N\NC(N)=O)ccc1Oc1nc2c(c(=O)n(C)c(=O)n2C)n1Cc1ccc(Cl)cc1Cl. The molecule has 0 spiro atoms. The minimum atomic E-state index is -0.802. The summed E-state index contributed by atoms with van der Waals surface area (Å²) in [7, 11) is 4.34. The van der Waals surface area contributed by atoms with Gasteiger partial charge in [0, 0.05) is 24.1 Å². The largest absolute Gasteiger partial charge is 0.493 e. The Balaban J connectivity index is 1.85. The topological polar surface area (TPSA) is 148 Å². The van der Waals surface area contributed by atoms with E-state index >= 15 is 0 Å². The number of ether oxygens (including phenoxy) is 2. The molecular formula is C23H21Cl2N7O5. The van der Waals surface area contributed by atoms with E-state index in [4.69, 9.17) is 38.4 Å². The van der Waals surface area contributed by atoms with E-state index in [0.29, 0.717) is 26.9 Å². The number of imidazole rings is 1. The molecule has 4 aromatic rings. The van der Waals surface area contributed by atoms with E-state index in [1.165, 1.54) is 36.6 Å². The molecule has 37 heavy (non-hydrogen) atoms. The van der Waals surface area contributed by atoms with E-state index in [0.717, 1.165) is 4.57 Å². The lowest BCUT2D eigenvalue weighted by atomic mass is 10.2. The van der Waals surface area contributed by atoms with Crippen molar-refractivity contribution in [3.8, 4) is 17.5 Å². The van der Waals surface area contributed by atoms with E-state index < -0.39 is 17.3 Å². The van der Waals surface area contributed by atoms with Crippen LogP contribution in [0.2, 0.25) is 10.0 Å². The number of rotatable bonds is 7. The molecule has 0 bridgehead atoms. The average molecular weight is 546 g/mol. The van der Waals surface area contributed by atoms with Crippen LogP contribution < -0.4 is 31.9 Å². The van der Waals surface area contributed by atoms with Gasteiger partial charge in [0.25, 0.3) is 5.56 Å². The molecule has 0 fully saturated rings. The molecule has 192 valence electrons. The molecule has 3 N–H and O–H groups in total. The molecule has 0 saturated carbocycles. The third kappa shape index (κ3) is 5.15. The normalized spacial score (nSPS) is 11.3. The number of aryl methyl sites for hydroxylation is 1. The van der Waals surface area contributed by atoms with Gasteiger partial charge in [-0.25, -0.2) is 15.0 Å². The molecule has 2 aromatic heterocycles. The van der Waals surface area contributed by atoms with E-state index in [9.17, 15) is 14.4 Å². The third-order valence-electron chi connectivity index (χ3n) is 5.43. The lowest BCUT2D eigenvalue weighted by molar-refractivity contribution is 0.249. The maximum Gasteiger partial charge on any atom is 0.332 e. The summed E-state index contributed by atoms with van der Waals surface area (Å²) < 4.78 is 15.3. The number of carbonyl (C=O) groups excluding carboxylic acids is 1. The van der Waals surface area contributed by atoms with Gasteiger partial charge in [-0.15, -0.1) is 0 Å². The first kappa shape index (κ1) is 25.8. The number of fused-ring (bicyclic) bond motifs is 1. The number of primary amides is 1. The van der Waals surface area contributed by atoms with Crippen molar-refractivity contribution in [1.82, 2.24) is 24.1 Å². The maximum absolute atomic E-state index is 13.1. The van der Waals surface area contributed by atoms with Crippen LogP contribution in [0.4, 0.5) is 4.79 Å². The van der Waals surface area contributed by atoms with Crippen LogP contribution in [-0.4, -0.2) is 38.0 Å². The van der Waals surface area contributed by atoms with Gasteiger partial charge in [-0.1, -0.05) is 29.3 Å². The number of hydrazone groups is 1. The van der Waals surface area contributed by atoms with Crippen LogP contribution in [0.5, 0.6) is 17.5 Å². The predicted octanol–water partition coefficient (Wildman–Crippen LogP) is 2.59. The van der Waals surface area contributed by atoms with Crippen LogP contribution in [0.25, 0.3) is 11.2 Å². The Hall–Kier alpha value is -4.29. The number of benzene rings is 2. The van der Waals surface area contributed by atoms with Crippen molar-refractivity contribution in [2.24, 2.45) is 24.9 Å². The van der Waals surface area contributed by atoms with Gasteiger partial charge in [0.1, 0.15) is 0 Å². The monoisotopic (exact) mass is 545 g/mol. The average Bonchev–Trinajstić information content (AvgIpc) is 3.21. The molecule has 0 atom stereocenters.